The highest BCUT2D eigenvalue weighted by atomic mass is 16.2. The lowest BCUT2D eigenvalue weighted by atomic mass is 9.88. The van der Waals surface area contributed by atoms with Gasteiger partial charge in [0.1, 0.15) is 0 Å². The summed E-state index contributed by atoms with van der Waals surface area (Å²) in [5, 5.41) is 11.4. The summed E-state index contributed by atoms with van der Waals surface area (Å²) < 4.78 is 2.02. The average Bonchev–Trinajstić information content (AvgIpc) is 2.82. The number of carbonyl (C=O) groups excluding carboxylic acids is 1. The van der Waals surface area contributed by atoms with E-state index in [2.05, 4.69) is 24.5 Å². The van der Waals surface area contributed by atoms with Gasteiger partial charge in [-0.1, -0.05) is 0 Å². The lowest BCUT2D eigenvalue weighted by Gasteiger charge is -2.27. The third kappa shape index (κ3) is 2.09. The first-order valence-electron chi connectivity index (χ1n) is 8.57. The number of aryl methyl sites for hydroxylation is 1. The van der Waals surface area contributed by atoms with Crippen molar-refractivity contribution in [3.8, 4) is 0 Å². The van der Waals surface area contributed by atoms with Gasteiger partial charge in [-0.3, -0.25) is 9.48 Å². The van der Waals surface area contributed by atoms with E-state index in [1.54, 1.807) is 0 Å². The van der Waals surface area contributed by atoms with Crippen LogP contribution >= 0.6 is 0 Å². The maximum absolute atomic E-state index is 12.6. The number of hydrogen-bond donors (Lipinski definition) is 2. The Morgan fingerprint density at radius 2 is 1.95 bits per heavy atom. The van der Waals surface area contributed by atoms with E-state index in [1.807, 2.05) is 11.7 Å². The number of piperidine rings is 1. The Morgan fingerprint density at radius 1 is 1.27 bits per heavy atom. The summed E-state index contributed by atoms with van der Waals surface area (Å²) >= 11 is 0. The summed E-state index contributed by atoms with van der Waals surface area (Å²) in [6.07, 6.45) is 4.68. The van der Waals surface area contributed by atoms with Gasteiger partial charge in [-0.05, 0) is 70.0 Å². The van der Waals surface area contributed by atoms with Crippen LogP contribution in [0.15, 0.2) is 0 Å². The maximum atomic E-state index is 12.6. The van der Waals surface area contributed by atoms with E-state index in [1.165, 1.54) is 24.1 Å². The topological polar surface area (TPSA) is 59.0 Å². The van der Waals surface area contributed by atoms with Crippen LogP contribution in [0.5, 0.6) is 0 Å². The van der Waals surface area contributed by atoms with Crippen LogP contribution in [0, 0.1) is 17.8 Å². The Bertz CT molecular complexity index is 608. The molecule has 1 aliphatic heterocycles. The SMILES string of the molecule is Cn1nc(C(C)(C)NC(=O)C2C3CNC[C@@H]32)c2c1CCCC2. The van der Waals surface area contributed by atoms with Crippen LogP contribution < -0.4 is 10.6 Å². The number of aromatic nitrogens is 2. The van der Waals surface area contributed by atoms with Crippen LogP contribution in [0.1, 0.15) is 43.6 Å². The molecule has 2 unspecified atom stereocenters. The molecule has 22 heavy (non-hydrogen) atoms. The molecular formula is C17H26N4O. The third-order valence-corrected chi connectivity index (χ3v) is 5.79. The molecule has 1 amide bonds. The fourth-order valence-corrected chi connectivity index (χ4v) is 4.53. The predicted octanol–water partition coefficient (Wildman–Crippen LogP) is 1.12. The van der Waals surface area contributed by atoms with Gasteiger partial charge in [0.25, 0.3) is 0 Å². The fourth-order valence-electron chi connectivity index (χ4n) is 4.53. The second kappa shape index (κ2) is 4.82. The zero-order valence-corrected chi connectivity index (χ0v) is 13.8. The van der Waals surface area contributed by atoms with Gasteiger partial charge in [-0.2, -0.15) is 5.10 Å². The molecule has 2 N–H and O–H groups in total. The van der Waals surface area contributed by atoms with Crippen LogP contribution in [0.3, 0.4) is 0 Å². The van der Waals surface area contributed by atoms with E-state index in [0.717, 1.165) is 31.6 Å². The predicted molar refractivity (Wildman–Crippen MR) is 84.4 cm³/mol. The minimum absolute atomic E-state index is 0.219. The summed E-state index contributed by atoms with van der Waals surface area (Å²) in [5.74, 6) is 1.57. The Morgan fingerprint density at radius 3 is 2.68 bits per heavy atom. The number of fused-ring (bicyclic) bond motifs is 2. The number of amides is 1. The molecule has 120 valence electrons. The number of hydrogen-bond acceptors (Lipinski definition) is 3. The van der Waals surface area contributed by atoms with E-state index in [0.29, 0.717) is 11.8 Å². The lowest BCUT2D eigenvalue weighted by molar-refractivity contribution is -0.124. The molecule has 1 saturated heterocycles. The summed E-state index contributed by atoms with van der Waals surface area (Å²) in [6, 6.07) is 0. The highest BCUT2D eigenvalue weighted by molar-refractivity contribution is 5.83. The van der Waals surface area contributed by atoms with Crippen LogP contribution in [0.2, 0.25) is 0 Å². The molecular weight excluding hydrogens is 276 g/mol. The number of carbonyl (C=O) groups is 1. The van der Waals surface area contributed by atoms with E-state index < -0.39 is 0 Å². The smallest absolute Gasteiger partial charge is 0.224 e. The van der Waals surface area contributed by atoms with E-state index in [9.17, 15) is 4.79 Å². The minimum Gasteiger partial charge on any atom is -0.345 e. The molecule has 5 nitrogen and oxygen atoms in total. The first-order chi connectivity index (χ1) is 10.5. The van der Waals surface area contributed by atoms with Gasteiger partial charge in [-0.25, -0.2) is 0 Å². The summed E-state index contributed by atoms with van der Waals surface area (Å²) in [7, 11) is 2.03. The average molecular weight is 302 g/mol. The highest BCUT2D eigenvalue weighted by Gasteiger charge is 2.57. The van der Waals surface area contributed by atoms with E-state index in [4.69, 9.17) is 5.10 Å². The van der Waals surface area contributed by atoms with Crippen molar-refractivity contribution in [2.45, 2.75) is 45.1 Å². The molecule has 0 radical (unpaired) electrons. The second-order valence-electron chi connectivity index (χ2n) is 7.73. The molecule has 0 bridgehead atoms. The fraction of sp³-hybridized carbons (Fsp3) is 0.765. The molecule has 4 rings (SSSR count). The van der Waals surface area contributed by atoms with Crippen molar-refractivity contribution in [1.29, 1.82) is 0 Å². The van der Waals surface area contributed by atoms with Crippen molar-refractivity contribution in [2.24, 2.45) is 24.8 Å². The van der Waals surface area contributed by atoms with E-state index in [-0.39, 0.29) is 17.4 Å². The Balaban J connectivity index is 1.55. The number of nitrogens with one attached hydrogen (secondary N) is 2. The zero-order valence-electron chi connectivity index (χ0n) is 13.8. The monoisotopic (exact) mass is 302 g/mol. The third-order valence-electron chi connectivity index (χ3n) is 5.79. The van der Waals surface area contributed by atoms with Gasteiger partial charge in [0.2, 0.25) is 5.91 Å². The summed E-state index contributed by atoms with van der Waals surface area (Å²) in [5.41, 5.74) is 3.42. The van der Waals surface area contributed by atoms with Gasteiger partial charge in [-0.15, -0.1) is 0 Å². The summed E-state index contributed by atoms with van der Waals surface area (Å²) in [6.45, 7) is 6.20. The molecule has 1 aromatic heterocycles. The maximum Gasteiger partial charge on any atom is 0.224 e. The Hall–Kier alpha value is -1.36. The largest absolute Gasteiger partial charge is 0.345 e. The Labute approximate surface area is 131 Å². The minimum atomic E-state index is -0.385. The molecule has 3 aliphatic rings. The zero-order chi connectivity index (χ0) is 15.5. The lowest BCUT2D eigenvalue weighted by Crippen LogP contribution is -2.44. The molecule has 0 aromatic carbocycles. The van der Waals surface area contributed by atoms with Gasteiger partial charge in [0.15, 0.2) is 0 Å². The number of rotatable bonds is 3. The first-order valence-corrected chi connectivity index (χ1v) is 8.57. The molecule has 5 heteroatoms. The molecule has 1 aromatic rings. The standard InChI is InChI=1S/C17H26N4O/c1-17(2,19-16(22)14-11-8-18-9-12(11)14)15-10-6-4-5-7-13(10)21(3)20-15/h11-12,14,18H,4-9H2,1-3H3,(H,19,22)/t11-,12?,14?/m0/s1. The Kier molecular flexibility index (Phi) is 3.12. The first kappa shape index (κ1) is 14.2. The quantitative estimate of drug-likeness (QED) is 0.879. The summed E-state index contributed by atoms with van der Waals surface area (Å²) in [4.78, 5) is 12.6. The van der Waals surface area contributed by atoms with Gasteiger partial charge in [0, 0.05) is 18.7 Å². The van der Waals surface area contributed by atoms with Crippen LogP contribution in [0.4, 0.5) is 0 Å². The normalized spacial score (nSPS) is 29.9. The molecule has 0 spiro atoms. The molecule has 2 aliphatic carbocycles. The van der Waals surface area contributed by atoms with Crippen molar-refractivity contribution in [2.75, 3.05) is 13.1 Å². The molecule has 1 saturated carbocycles. The van der Waals surface area contributed by atoms with Crippen LogP contribution in [0.25, 0.3) is 0 Å². The molecule has 3 atom stereocenters. The number of nitrogens with zero attached hydrogens (tertiary/aromatic N) is 2. The molecule has 2 fully saturated rings. The van der Waals surface area contributed by atoms with Gasteiger partial charge in [0.05, 0.1) is 11.2 Å². The van der Waals surface area contributed by atoms with Crippen molar-refractivity contribution in [3.63, 3.8) is 0 Å². The van der Waals surface area contributed by atoms with Crippen LogP contribution in [-0.4, -0.2) is 28.8 Å². The van der Waals surface area contributed by atoms with E-state index >= 15 is 0 Å². The van der Waals surface area contributed by atoms with Gasteiger partial charge >= 0.3 is 0 Å². The van der Waals surface area contributed by atoms with Crippen molar-refractivity contribution >= 4 is 5.91 Å². The van der Waals surface area contributed by atoms with Crippen molar-refractivity contribution < 1.29 is 4.79 Å². The second-order valence-corrected chi connectivity index (χ2v) is 7.73. The molecule has 2 heterocycles. The van der Waals surface area contributed by atoms with Crippen molar-refractivity contribution in [3.05, 3.63) is 17.0 Å². The highest BCUT2D eigenvalue weighted by Crippen LogP contribution is 2.49. The van der Waals surface area contributed by atoms with Crippen molar-refractivity contribution in [1.82, 2.24) is 20.4 Å². The van der Waals surface area contributed by atoms with Gasteiger partial charge < -0.3 is 10.6 Å². The van der Waals surface area contributed by atoms with Crippen LogP contribution in [-0.2, 0) is 30.2 Å².